The number of rotatable bonds is 1. The van der Waals surface area contributed by atoms with E-state index in [1.807, 2.05) is 6.92 Å². The van der Waals surface area contributed by atoms with Crippen LogP contribution in [0.25, 0.3) is 0 Å². The van der Waals surface area contributed by atoms with Gasteiger partial charge in [-0.3, -0.25) is 0 Å². The van der Waals surface area contributed by atoms with E-state index in [2.05, 4.69) is 38.9 Å². The molecule has 15 heavy (non-hydrogen) atoms. The molecule has 0 aromatic heterocycles. The number of fused-ring (bicyclic) bond motifs is 2. The molecule has 0 aromatic carbocycles. The van der Waals surface area contributed by atoms with Gasteiger partial charge in [0, 0.05) is 18.4 Å². The van der Waals surface area contributed by atoms with Crippen LogP contribution in [0.1, 0.15) is 27.7 Å². The summed E-state index contributed by atoms with van der Waals surface area (Å²) in [6.45, 7) is 8.49. The Hall–Kier alpha value is -0.850. The van der Waals surface area contributed by atoms with Crippen LogP contribution < -0.4 is 0 Å². The normalized spacial score (nSPS) is 45.9. The molecule has 82 valence electrons. The van der Waals surface area contributed by atoms with E-state index in [9.17, 15) is 4.79 Å². The van der Waals surface area contributed by atoms with E-state index in [0.717, 1.165) is 5.57 Å². The Morgan fingerprint density at radius 3 is 2.33 bits per heavy atom. The molecule has 0 amide bonds. The lowest BCUT2D eigenvalue weighted by Gasteiger charge is -2.33. The van der Waals surface area contributed by atoms with Crippen LogP contribution in [0.2, 0.25) is 0 Å². The van der Waals surface area contributed by atoms with Gasteiger partial charge in [0.15, 0.2) is 0 Å². The third-order valence-corrected chi connectivity index (χ3v) is 4.87. The molecule has 3 unspecified atom stereocenters. The minimum Gasteiger partial charge on any atom is -0.373 e. The maximum absolute atomic E-state index is 11.2. The fraction of sp³-hybridized carbons (Fsp3) is 0.692. The second kappa shape index (κ2) is 2.63. The van der Waals surface area contributed by atoms with Crippen LogP contribution in [-0.4, -0.2) is 18.7 Å². The third kappa shape index (κ3) is 0.878. The number of allylic oxidation sites excluding steroid dienone is 1. The summed E-state index contributed by atoms with van der Waals surface area (Å²) in [5.41, 5.74) is 0.110. The summed E-state index contributed by atoms with van der Waals surface area (Å²) in [5, 5.41) is 0. The average molecular weight is 206 g/mol. The van der Waals surface area contributed by atoms with E-state index < -0.39 is 5.60 Å². The van der Waals surface area contributed by atoms with Gasteiger partial charge in [-0.05, 0) is 12.3 Å². The fourth-order valence-electron chi connectivity index (χ4n) is 3.45. The second-order valence-electron chi connectivity index (χ2n) is 5.55. The highest BCUT2D eigenvalue weighted by molar-refractivity contribution is 5.66. The van der Waals surface area contributed by atoms with Gasteiger partial charge in [-0.15, -0.1) is 0 Å². The van der Waals surface area contributed by atoms with Gasteiger partial charge >= 0.3 is 0 Å². The SMILES string of the molecule is COC1(C)C(=C=O)C2(C)C=CC1C2(C)C. The number of ether oxygens (including phenoxy) is 1. The van der Waals surface area contributed by atoms with Crippen LogP contribution in [0.3, 0.4) is 0 Å². The number of carbonyl (C=O) groups excluding carboxylic acids is 1. The predicted octanol–water partition coefficient (Wildman–Crippen LogP) is 2.38. The van der Waals surface area contributed by atoms with Crippen LogP contribution in [-0.2, 0) is 9.53 Å². The Morgan fingerprint density at radius 2 is 1.93 bits per heavy atom. The minimum atomic E-state index is -0.477. The van der Waals surface area contributed by atoms with Crippen LogP contribution in [0, 0.1) is 16.7 Å². The van der Waals surface area contributed by atoms with E-state index in [-0.39, 0.29) is 16.7 Å². The molecule has 0 heterocycles. The molecule has 2 nitrogen and oxygen atoms in total. The van der Waals surface area contributed by atoms with E-state index in [1.165, 1.54) is 0 Å². The third-order valence-electron chi connectivity index (χ3n) is 4.87. The summed E-state index contributed by atoms with van der Waals surface area (Å²) < 4.78 is 5.59. The van der Waals surface area contributed by atoms with Crippen LogP contribution in [0.5, 0.6) is 0 Å². The van der Waals surface area contributed by atoms with E-state index >= 15 is 0 Å². The monoisotopic (exact) mass is 206 g/mol. The topological polar surface area (TPSA) is 26.3 Å². The van der Waals surface area contributed by atoms with Crippen molar-refractivity contribution in [3.05, 3.63) is 17.7 Å². The maximum atomic E-state index is 11.2. The molecule has 0 aromatic rings. The van der Waals surface area contributed by atoms with Crippen molar-refractivity contribution in [3.63, 3.8) is 0 Å². The van der Waals surface area contributed by atoms with Crippen molar-refractivity contribution in [1.82, 2.24) is 0 Å². The van der Waals surface area contributed by atoms with Gasteiger partial charge in [-0.1, -0.05) is 32.9 Å². The standard InChI is InChI=1S/C13H18O2/c1-11(2)9-6-7-12(11,3)10(8-14)13(9,4)15-5/h6-7,9H,1-5H3. The molecule has 0 N–H and O–H groups in total. The molecule has 0 saturated heterocycles. The molecule has 3 atom stereocenters. The van der Waals surface area contributed by atoms with Gasteiger partial charge in [-0.25, -0.2) is 4.79 Å². The summed E-state index contributed by atoms with van der Waals surface area (Å²) in [4.78, 5) is 11.2. The Morgan fingerprint density at radius 1 is 1.33 bits per heavy atom. The first-order valence-electron chi connectivity index (χ1n) is 5.35. The van der Waals surface area contributed by atoms with Crippen molar-refractivity contribution in [2.45, 2.75) is 33.3 Å². The highest BCUT2D eigenvalue weighted by atomic mass is 16.5. The molecule has 1 fully saturated rings. The first-order chi connectivity index (χ1) is 6.84. The molecule has 2 aliphatic rings. The highest BCUT2D eigenvalue weighted by Crippen LogP contribution is 2.68. The smallest absolute Gasteiger partial charge is 0.127 e. The molecule has 0 spiro atoms. The quantitative estimate of drug-likeness (QED) is 0.486. The fourth-order valence-corrected chi connectivity index (χ4v) is 3.45. The largest absolute Gasteiger partial charge is 0.373 e. The number of methoxy groups -OCH3 is 1. The van der Waals surface area contributed by atoms with Crippen molar-refractivity contribution >= 4 is 5.94 Å². The van der Waals surface area contributed by atoms with Crippen molar-refractivity contribution in [1.29, 1.82) is 0 Å². The summed E-state index contributed by atoms with van der Waals surface area (Å²) in [5.74, 6) is 2.38. The van der Waals surface area contributed by atoms with E-state index in [1.54, 1.807) is 7.11 Å². The average Bonchev–Trinajstić information content (AvgIpc) is 2.46. The van der Waals surface area contributed by atoms with Crippen molar-refractivity contribution in [2.75, 3.05) is 7.11 Å². The Balaban J connectivity index is 2.71. The van der Waals surface area contributed by atoms with Crippen LogP contribution >= 0.6 is 0 Å². The Kier molecular flexibility index (Phi) is 1.87. The lowest BCUT2D eigenvalue weighted by molar-refractivity contribution is -0.00159. The Bertz CT molecular complexity index is 387. The molecule has 0 aliphatic heterocycles. The van der Waals surface area contributed by atoms with Gasteiger partial charge in [-0.2, -0.15) is 0 Å². The molecule has 2 heteroatoms. The number of hydrogen-bond acceptors (Lipinski definition) is 2. The summed E-state index contributed by atoms with van der Waals surface area (Å²) in [7, 11) is 1.67. The molecule has 0 radical (unpaired) electrons. The first-order valence-corrected chi connectivity index (χ1v) is 5.35. The molecular formula is C13H18O2. The second-order valence-corrected chi connectivity index (χ2v) is 5.55. The van der Waals surface area contributed by atoms with Gasteiger partial charge in [0.05, 0.1) is 5.57 Å². The molecular weight excluding hydrogens is 188 g/mol. The van der Waals surface area contributed by atoms with Gasteiger partial charge in [0.2, 0.25) is 0 Å². The van der Waals surface area contributed by atoms with E-state index in [0.29, 0.717) is 0 Å². The molecule has 2 rings (SSSR count). The van der Waals surface area contributed by atoms with Gasteiger partial charge < -0.3 is 4.74 Å². The molecule has 1 saturated carbocycles. The molecule has 2 bridgehead atoms. The molecule has 2 aliphatic carbocycles. The van der Waals surface area contributed by atoms with Crippen molar-refractivity contribution < 1.29 is 9.53 Å². The number of hydrogen-bond donors (Lipinski definition) is 0. The van der Waals surface area contributed by atoms with Crippen molar-refractivity contribution in [3.8, 4) is 0 Å². The lowest BCUT2D eigenvalue weighted by atomic mass is 9.69. The zero-order chi connectivity index (χ0) is 11.5. The summed E-state index contributed by atoms with van der Waals surface area (Å²) >= 11 is 0. The minimum absolute atomic E-state index is 0.0322. The highest BCUT2D eigenvalue weighted by Gasteiger charge is 2.67. The zero-order valence-corrected chi connectivity index (χ0v) is 10.0. The van der Waals surface area contributed by atoms with E-state index in [4.69, 9.17) is 4.74 Å². The zero-order valence-electron chi connectivity index (χ0n) is 10.0. The van der Waals surface area contributed by atoms with Gasteiger partial charge in [0.1, 0.15) is 11.5 Å². The predicted molar refractivity (Wildman–Crippen MR) is 59.1 cm³/mol. The van der Waals surface area contributed by atoms with Crippen molar-refractivity contribution in [2.24, 2.45) is 16.7 Å². The Labute approximate surface area is 91.0 Å². The summed E-state index contributed by atoms with van der Waals surface area (Å²) in [6, 6.07) is 0. The van der Waals surface area contributed by atoms with Crippen LogP contribution in [0.4, 0.5) is 0 Å². The first kappa shape index (κ1) is 10.7. The van der Waals surface area contributed by atoms with Gasteiger partial charge in [0.25, 0.3) is 0 Å². The summed E-state index contributed by atoms with van der Waals surface area (Å²) in [6.07, 6.45) is 4.32. The maximum Gasteiger partial charge on any atom is 0.127 e. The lowest BCUT2D eigenvalue weighted by Crippen LogP contribution is -2.37. The van der Waals surface area contributed by atoms with Crippen LogP contribution in [0.15, 0.2) is 17.7 Å².